The molecule has 3 heterocycles. The van der Waals surface area contributed by atoms with Crippen LogP contribution in [0.3, 0.4) is 0 Å². The third-order valence-electron chi connectivity index (χ3n) is 5.69. The van der Waals surface area contributed by atoms with Crippen LogP contribution in [0.4, 0.5) is 5.13 Å². The Morgan fingerprint density at radius 1 is 1.26 bits per heavy atom. The van der Waals surface area contributed by atoms with Crippen molar-refractivity contribution in [3.8, 4) is 0 Å². The molecule has 1 atom stereocenters. The summed E-state index contributed by atoms with van der Waals surface area (Å²) in [6, 6.07) is 9.85. The second-order valence-corrected chi connectivity index (χ2v) is 9.14. The first kappa shape index (κ1) is 21.6. The van der Waals surface area contributed by atoms with Crippen LogP contribution in [-0.2, 0) is 22.6 Å². The van der Waals surface area contributed by atoms with Gasteiger partial charge in [-0.1, -0.05) is 41.7 Å². The van der Waals surface area contributed by atoms with Crippen LogP contribution in [0.25, 0.3) is 10.3 Å². The summed E-state index contributed by atoms with van der Waals surface area (Å²) in [7, 11) is 1.59. The molecule has 1 aliphatic rings. The number of benzene rings is 1. The van der Waals surface area contributed by atoms with Crippen molar-refractivity contribution in [1.29, 1.82) is 0 Å². The first-order chi connectivity index (χ1) is 15.0. The topological polar surface area (TPSA) is 77.3 Å². The molecular weight excluding hydrogens is 412 g/mol. The minimum atomic E-state index is -0.185. The fraction of sp³-hybridized carbons (Fsp3) is 0.478. The maximum Gasteiger partial charge on any atom is 0.281 e. The molecule has 0 unspecified atom stereocenters. The second-order valence-electron chi connectivity index (χ2n) is 8.18. The molecule has 31 heavy (non-hydrogen) atoms. The molecule has 1 aliphatic heterocycles. The zero-order valence-corrected chi connectivity index (χ0v) is 19.0. The fourth-order valence-corrected chi connectivity index (χ4v) is 5.24. The van der Waals surface area contributed by atoms with Gasteiger partial charge in [0.1, 0.15) is 12.4 Å². The highest BCUT2D eigenvalue weighted by Crippen LogP contribution is 2.32. The molecule has 8 heteroatoms. The van der Waals surface area contributed by atoms with Crippen molar-refractivity contribution >= 4 is 32.6 Å². The zero-order valence-electron chi connectivity index (χ0n) is 18.2. The summed E-state index contributed by atoms with van der Waals surface area (Å²) in [6.07, 6.45) is 3.01. The van der Waals surface area contributed by atoms with Crippen LogP contribution in [0.5, 0.6) is 0 Å². The summed E-state index contributed by atoms with van der Waals surface area (Å²) >= 11 is 1.39. The Kier molecular flexibility index (Phi) is 6.48. The van der Waals surface area contributed by atoms with E-state index >= 15 is 0 Å². The average Bonchev–Trinajstić information content (AvgIpc) is 3.40. The molecule has 164 valence electrons. The van der Waals surface area contributed by atoms with E-state index in [4.69, 9.17) is 4.74 Å². The zero-order chi connectivity index (χ0) is 22.0. The monoisotopic (exact) mass is 440 g/mol. The van der Waals surface area contributed by atoms with Gasteiger partial charge in [-0.25, -0.2) is 9.97 Å². The maximum absolute atomic E-state index is 13.1. The number of aryl methyl sites for hydroxylation is 1. The highest BCUT2D eigenvalue weighted by atomic mass is 32.1. The number of fused-ring (bicyclic) bond motifs is 1. The number of ether oxygens (including phenoxy) is 1. The minimum absolute atomic E-state index is 0.0428. The Morgan fingerprint density at radius 3 is 2.74 bits per heavy atom. The van der Waals surface area contributed by atoms with Crippen molar-refractivity contribution < 1.29 is 9.53 Å². The number of nitrogens with zero attached hydrogens (tertiary/aromatic N) is 4. The van der Waals surface area contributed by atoms with Crippen LogP contribution in [0, 0.1) is 0 Å². The summed E-state index contributed by atoms with van der Waals surface area (Å²) in [5.74, 6) is 0.829. The molecule has 0 bridgehead atoms. The first-order valence-corrected chi connectivity index (χ1v) is 11.6. The SMILES string of the molecule is COCc1nc2sc(N3CCC[C@@H]3C(=O)CCc3ccccc3)nc2c(=O)n1C(C)C. The summed E-state index contributed by atoms with van der Waals surface area (Å²) in [5.41, 5.74) is 1.39. The van der Waals surface area contributed by atoms with Gasteiger partial charge < -0.3 is 9.64 Å². The number of hydrogen-bond acceptors (Lipinski definition) is 7. The molecule has 3 aromatic rings. The fourth-order valence-electron chi connectivity index (χ4n) is 4.21. The number of methoxy groups -OCH3 is 1. The Hall–Kier alpha value is -2.58. The van der Waals surface area contributed by atoms with Crippen molar-refractivity contribution in [1.82, 2.24) is 14.5 Å². The Balaban J connectivity index is 1.60. The summed E-state index contributed by atoms with van der Waals surface area (Å²) in [5, 5.41) is 0.708. The van der Waals surface area contributed by atoms with Crippen LogP contribution >= 0.6 is 11.3 Å². The Morgan fingerprint density at radius 2 is 2.03 bits per heavy atom. The Bertz CT molecular complexity index is 1120. The molecule has 0 saturated carbocycles. The highest BCUT2D eigenvalue weighted by Gasteiger charge is 2.33. The van der Waals surface area contributed by atoms with E-state index in [0.717, 1.165) is 25.8 Å². The quantitative estimate of drug-likeness (QED) is 0.531. The molecule has 4 rings (SSSR count). The van der Waals surface area contributed by atoms with Gasteiger partial charge in [-0.2, -0.15) is 0 Å². The maximum atomic E-state index is 13.1. The summed E-state index contributed by atoms with van der Waals surface area (Å²) < 4.78 is 6.89. The summed E-state index contributed by atoms with van der Waals surface area (Å²) in [4.78, 5) is 38.1. The number of aromatic nitrogens is 3. The van der Waals surface area contributed by atoms with Gasteiger partial charge in [-0.3, -0.25) is 14.2 Å². The van der Waals surface area contributed by atoms with Gasteiger partial charge >= 0.3 is 0 Å². The number of thiazole rings is 1. The van der Waals surface area contributed by atoms with E-state index in [2.05, 4.69) is 27.0 Å². The van der Waals surface area contributed by atoms with Crippen LogP contribution < -0.4 is 10.5 Å². The van der Waals surface area contributed by atoms with Gasteiger partial charge in [-0.05, 0) is 38.7 Å². The smallest absolute Gasteiger partial charge is 0.281 e. The van der Waals surface area contributed by atoms with E-state index in [1.165, 1.54) is 16.9 Å². The number of rotatable bonds is 8. The number of hydrogen-bond donors (Lipinski definition) is 0. The molecule has 0 N–H and O–H groups in total. The third-order valence-corrected chi connectivity index (χ3v) is 6.68. The van der Waals surface area contributed by atoms with Crippen LogP contribution in [0.1, 0.15) is 50.5 Å². The van der Waals surface area contributed by atoms with Crippen molar-refractivity contribution in [2.24, 2.45) is 0 Å². The Labute approximate surface area is 185 Å². The normalized spacial score (nSPS) is 16.5. The predicted octanol–water partition coefficient (Wildman–Crippen LogP) is 3.75. The lowest BCUT2D eigenvalue weighted by molar-refractivity contribution is -0.120. The standard InChI is InChI=1S/C23H28N4O3S/c1-15(2)27-19(14-30-3)24-21-20(22(27)29)25-23(31-21)26-13-7-10-17(26)18(28)12-11-16-8-5-4-6-9-16/h4-6,8-9,15,17H,7,10-14H2,1-3H3/t17-/m1/s1. The van der Waals surface area contributed by atoms with Gasteiger partial charge in [0.2, 0.25) is 0 Å². The minimum Gasteiger partial charge on any atom is -0.377 e. The number of carbonyl (C=O) groups excluding carboxylic acids is 1. The molecule has 1 aromatic carbocycles. The highest BCUT2D eigenvalue weighted by molar-refractivity contribution is 7.21. The summed E-state index contributed by atoms with van der Waals surface area (Å²) in [6.45, 7) is 4.93. The predicted molar refractivity (Wildman–Crippen MR) is 123 cm³/mol. The van der Waals surface area contributed by atoms with Crippen molar-refractivity contribution in [3.63, 3.8) is 0 Å². The average molecular weight is 441 g/mol. The lowest BCUT2D eigenvalue weighted by Crippen LogP contribution is -2.36. The van der Waals surface area contributed by atoms with Gasteiger partial charge in [0.15, 0.2) is 21.3 Å². The van der Waals surface area contributed by atoms with Gasteiger partial charge in [0.05, 0.1) is 6.04 Å². The van der Waals surface area contributed by atoms with Crippen LogP contribution in [-0.4, -0.2) is 40.0 Å². The van der Waals surface area contributed by atoms with E-state index in [1.807, 2.05) is 32.0 Å². The molecule has 0 aliphatic carbocycles. The van der Waals surface area contributed by atoms with Gasteiger partial charge in [-0.15, -0.1) is 0 Å². The molecule has 0 spiro atoms. The van der Waals surface area contributed by atoms with E-state index in [1.54, 1.807) is 11.7 Å². The molecular formula is C23H28N4O3S. The molecule has 7 nitrogen and oxygen atoms in total. The molecule has 1 fully saturated rings. The van der Waals surface area contributed by atoms with E-state index in [-0.39, 0.29) is 30.0 Å². The van der Waals surface area contributed by atoms with E-state index in [9.17, 15) is 9.59 Å². The van der Waals surface area contributed by atoms with Crippen LogP contribution in [0.2, 0.25) is 0 Å². The lowest BCUT2D eigenvalue weighted by Gasteiger charge is -2.22. The molecule has 0 radical (unpaired) electrons. The van der Waals surface area contributed by atoms with Crippen molar-refractivity contribution in [2.75, 3.05) is 18.6 Å². The second kappa shape index (κ2) is 9.28. The van der Waals surface area contributed by atoms with Crippen molar-refractivity contribution in [3.05, 3.63) is 52.1 Å². The first-order valence-electron chi connectivity index (χ1n) is 10.7. The van der Waals surface area contributed by atoms with E-state index in [0.29, 0.717) is 27.7 Å². The number of carbonyl (C=O) groups is 1. The molecule has 2 aromatic heterocycles. The number of ketones is 1. The lowest BCUT2D eigenvalue weighted by atomic mass is 10.0. The largest absolute Gasteiger partial charge is 0.377 e. The molecule has 0 amide bonds. The van der Waals surface area contributed by atoms with Crippen LogP contribution in [0.15, 0.2) is 35.1 Å². The third kappa shape index (κ3) is 4.41. The van der Waals surface area contributed by atoms with Gasteiger partial charge in [0.25, 0.3) is 5.56 Å². The van der Waals surface area contributed by atoms with Gasteiger partial charge in [0, 0.05) is 26.1 Å². The molecule has 1 saturated heterocycles. The number of anilines is 1. The van der Waals surface area contributed by atoms with Crippen molar-refractivity contribution in [2.45, 2.75) is 58.2 Å². The van der Waals surface area contributed by atoms with E-state index < -0.39 is 0 Å². The number of Topliss-reactive ketones (excluding diaryl/α,β-unsaturated/α-hetero) is 1.